The summed E-state index contributed by atoms with van der Waals surface area (Å²) < 4.78 is 7.05. The fraction of sp³-hybridized carbons (Fsp3) is 0.348. The molecule has 0 spiro atoms. The molecule has 2 aromatic carbocycles. The molecule has 0 saturated heterocycles. The Bertz CT molecular complexity index is 1180. The van der Waals surface area contributed by atoms with E-state index in [1.165, 1.54) is 4.57 Å². The fourth-order valence-electron chi connectivity index (χ4n) is 3.87. The van der Waals surface area contributed by atoms with Crippen molar-refractivity contribution < 1.29 is 9.53 Å². The number of ether oxygens (including phenoxy) is 1. The van der Waals surface area contributed by atoms with Gasteiger partial charge in [0.25, 0.3) is 5.56 Å². The summed E-state index contributed by atoms with van der Waals surface area (Å²) in [6.07, 6.45) is 2.46. The van der Waals surface area contributed by atoms with Gasteiger partial charge in [0.2, 0.25) is 5.91 Å². The predicted molar refractivity (Wildman–Crippen MR) is 121 cm³/mol. The van der Waals surface area contributed by atoms with E-state index in [1.807, 2.05) is 47.4 Å². The van der Waals surface area contributed by atoms with Crippen molar-refractivity contribution in [2.24, 2.45) is 5.92 Å². The lowest BCUT2D eigenvalue weighted by Gasteiger charge is -2.30. The highest BCUT2D eigenvalue weighted by atomic mass is 32.1. The van der Waals surface area contributed by atoms with Crippen LogP contribution in [-0.4, -0.2) is 28.6 Å². The van der Waals surface area contributed by atoms with Gasteiger partial charge < -0.3 is 14.6 Å². The van der Waals surface area contributed by atoms with Gasteiger partial charge in [-0.15, -0.1) is 0 Å². The van der Waals surface area contributed by atoms with Crippen molar-refractivity contribution in [3.05, 3.63) is 63.7 Å². The number of carbonyl (C=O) groups excluding carboxylic acids is 1. The molecule has 0 bridgehead atoms. The van der Waals surface area contributed by atoms with Crippen molar-refractivity contribution in [3.8, 4) is 5.75 Å². The van der Waals surface area contributed by atoms with Gasteiger partial charge in [-0.05, 0) is 74.3 Å². The van der Waals surface area contributed by atoms with Crippen molar-refractivity contribution in [2.45, 2.75) is 38.8 Å². The molecule has 1 fully saturated rings. The molecule has 1 atom stereocenters. The lowest BCUT2D eigenvalue weighted by Crippen LogP contribution is -2.41. The van der Waals surface area contributed by atoms with Gasteiger partial charge in [0, 0.05) is 24.7 Å². The van der Waals surface area contributed by atoms with Crippen molar-refractivity contribution >= 4 is 34.7 Å². The second-order valence-electron chi connectivity index (χ2n) is 7.72. The maximum atomic E-state index is 13.3. The molecular weight excluding hydrogens is 398 g/mol. The Hall–Kier alpha value is -2.93. The number of aromatic amines is 1. The van der Waals surface area contributed by atoms with Gasteiger partial charge in [-0.1, -0.05) is 12.1 Å². The Morgan fingerprint density at radius 1 is 1.23 bits per heavy atom. The van der Waals surface area contributed by atoms with Crippen molar-refractivity contribution in [1.82, 2.24) is 9.55 Å². The highest BCUT2D eigenvalue weighted by molar-refractivity contribution is 7.71. The molecule has 1 amide bonds. The first-order valence-corrected chi connectivity index (χ1v) is 10.6. The average Bonchev–Trinajstić information content (AvgIpc) is 3.59. The number of nitrogens with one attached hydrogen (secondary N) is 1. The lowest BCUT2D eigenvalue weighted by molar-refractivity contribution is -0.119. The average molecular weight is 424 g/mol. The highest BCUT2D eigenvalue weighted by Gasteiger charge is 2.35. The number of nitrogens with zero attached hydrogens (tertiary/aromatic N) is 2. The molecule has 156 valence electrons. The van der Waals surface area contributed by atoms with E-state index in [4.69, 9.17) is 17.0 Å². The van der Waals surface area contributed by atoms with Crippen LogP contribution in [0.15, 0.2) is 53.3 Å². The number of methoxy groups -OCH3 is 1. The molecule has 1 aliphatic rings. The molecule has 6 nitrogen and oxygen atoms in total. The number of amides is 1. The topological polar surface area (TPSA) is 67.3 Å². The van der Waals surface area contributed by atoms with Gasteiger partial charge >= 0.3 is 0 Å². The second kappa shape index (κ2) is 8.44. The molecule has 1 N–H and O–H groups in total. The molecule has 1 aromatic heterocycles. The molecule has 3 aromatic rings. The van der Waals surface area contributed by atoms with E-state index >= 15 is 0 Å². The number of hydrogen-bond donors (Lipinski definition) is 1. The van der Waals surface area contributed by atoms with Gasteiger partial charge in [-0.25, -0.2) is 0 Å². The SMILES string of the molecule is COc1ccc(N(C(=O)CCn2c(=S)[nH]c3ccccc3c2=O)C(C)C2CC2)cc1. The van der Waals surface area contributed by atoms with E-state index in [9.17, 15) is 9.59 Å². The Balaban J connectivity index is 1.59. The van der Waals surface area contributed by atoms with E-state index in [2.05, 4.69) is 11.9 Å². The van der Waals surface area contributed by atoms with Crippen molar-refractivity contribution in [3.63, 3.8) is 0 Å². The molecule has 1 saturated carbocycles. The monoisotopic (exact) mass is 423 g/mol. The first-order chi connectivity index (χ1) is 14.5. The van der Waals surface area contributed by atoms with Crippen molar-refractivity contribution in [2.75, 3.05) is 12.0 Å². The summed E-state index contributed by atoms with van der Waals surface area (Å²) in [5.74, 6) is 1.25. The molecule has 1 heterocycles. The van der Waals surface area contributed by atoms with Crippen LogP contribution in [0.4, 0.5) is 5.69 Å². The number of aromatic nitrogens is 2. The summed E-state index contributed by atoms with van der Waals surface area (Å²) in [5, 5.41) is 0.567. The number of fused-ring (bicyclic) bond motifs is 1. The zero-order valence-electron chi connectivity index (χ0n) is 17.1. The summed E-state index contributed by atoms with van der Waals surface area (Å²) >= 11 is 5.38. The molecule has 0 aliphatic heterocycles. The third-order valence-electron chi connectivity index (χ3n) is 5.77. The fourth-order valence-corrected chi connectivity index (χ4v) is 4.15. The van der Waals surface area contributed by atoms with E-state index < -0.39 is 0 Å². The largest absolute Gasteiger partial charge is 0.497 e. The van der Waals surface area contributed by atoms with Gasteiger partial charge in [0.15, 0.2) is 4.77 Å². The van der Waals surface area contributed by atoms with E-state index in [1.54, 1.807) is 13.2 Å². The van der Waals surface area contributed by atoms with Crippen LogP contribution in [0, 0.1) is 10.7 Å². The summed E-state index contributed by atoms with van der Waals surface area (Å²) in [7, 11) is 1.62. The minimum absolute atomic E-state index is 0.0194. The van der Waals surface area contributed by atoms with Gasteiger partial charge in [0.1, 0.15) is 5.75 Å². The van der Waals surface area contributed by atoms with E-state index in [0.29, 0.717) is 21.6 Å². The number of benzene rings is 2. The Morgan fingerprint density at radius 3 is 2.60 bits per heavy atom. The number of para-hydroxylation sites is 1. The van der Waals surface area contributed by atoms with Crippen LogP contribution in [0.5, 0.6) is 5.75 Å². The normalized spacial score (nSPS) is 14.5. The van der Waals surface area contributed by atoms with Gasteiger partial charge in [-0.2, -0.15) is 0 Å². The third kappa shape index (κ3) is 4.03. The summed E-state index contributed by atoms with van der Waals surface area (Å²) in [6.45, 7) is 2.33. The highest BCUT2D eigenvalue weighted by Crippen LogP contribution is 2.37. The Labute approximate surface area is 180 Å². The zero-order chi connectivity index (χ0) is 21.3. The van der Waals surface area contributed by atoms with Crippen LogP contribution >= 0.6 is 12.2 Å². The summed E-state index contributed by atoms with van der Waals surface area (Å²) in [5.41, 5.74) is 1.38. The second-order valence-corrected chi connectivity index (χ2v) is 8.11. The van der Waals surface area contributed by atoms with Crippen molar-refractivity contribution in [1.29, 1.82) is 0 Å². The van der Waals surface area contributed by atoms with Crippen LogP contribution < -0.4 is 15.2 Å². The smallest absolute Gasteiger partial charge is 0.262 e. The molecule has 30 heavy (non-hydrogen) atoms. The first-order valence-electron chi connectivity index (χ1n) is 10.2. The van der Waals surface area contributed by atoms with Crippen LogP contribution in [0.3, 0.4) is 0 Å². The number of anilines is 1. The van der Waals surface area contributed by atoms with Gasteiger partial charge in [0.05, 0.1) is 18.0 Å². The summed E-state index contributed by atoms with van der Waals surface area (Å²) in [4.78, 5) is 31.1. The third-order valence-corrected chi connectivity index (χ3v) is 6.09. The zero-order valence-corrected chi connectivity index (χ0v) is 17.9. The number of rotatable bonds is 7. The standard InChI is InChI=1S/C23H25N3O3S/c1-15(16-7-8-16)26(17-9-11-18(29-2)12-10-17)21(27)13-14-25-22(28)19-5-3-4-6-20(19)24-23(25)30/h3-6,9-12,15-16H,7-8,13-14H2,1-2H3,(H,24,30). The van der Waals surface area contributed by atoms with Crippen LogP contribution in [0.1, 0.15) is 26.2 Å². The number of carbonyl (C=O) groups is 1. The van der Waals surface area contributed by atoms with Gasteiger partial charge in [-0.3, -0.25) is 14.2 Å². The molecule has 4 rings (SSSR count). The maximum Gasteiger partial charge on any atom is 0.262 e. The number of hydrogen-bond acceptors (Lipinski definition) is 4. The molecule has 1 unspecified atom stereocenters. The number of H-pyrrole nitrogens is 1. The molecule has 1 aliphatic carbocycles. The van der Waals surface area contributed by atoms with E-state index in [0.717, 1.165) is 24.3 Å². The molecular formula is C23H25N3O3S. The lowest BCUT2D eigenvalue weighted by atomic mass is 10.1. The summed E-state index contributed by atoms with van der Waals surface area (Å²) in [6, 6.07) is 14.9. The molecule has 7 heteroatoms. The predicted octanol–water partition coefficient (Wildman–Crippen LogP) is 4.29. The Kier molecular flexibility index (Phi) is 5.72. The molecule has 0 radical (unpaired) electrons. The van der Waals surface area contributed by atoms with E-state index in [-0.39, 0.29) is 30.5 Å². The van der Waals surface area contributed by atoms with Crippen LogP contribution in [0.2, 0.25) is 0 Å². The Morgan fingerprint density at radius 2 is 1.93 bits per heavy atom. The minimum atomic E-state index is -0.173. The first kappa shape index (κ1) is 20.3. The van der Waals surface area contributed by atoms with Crippen LogP contribution in [0.25, 0.3) is 10.9 Å². The van der Waals surface area contributed by atoms with Crippen LogP contribution in [-0.2, 0) is 11.3 Å². The minimum Gasteiger partial charge on any atom is -0.497 e. The quantitative estimate of drug-likeness (QED) is 0.576. The maximum absolute atomic E-state index is 13.3.